The Hall–Kier alpha value is -1.50. The average molecular weight is 389 g/mol. The van der Waals surface area contributed by atoms with E-state index in [0.717, 1.165) is 44.5 Å². The van der Waals surface area contributed by atoms with Gasteiger partial charge in [-0.1, -0.05) is 32.1 Å². The van der Waals surface area contributed by atoms with Gasteiger partial charge in [-0.25, -0.2) is 4.68 Å². The molecule has 0 N–H and O–H groups in total. The summed E-state index contributed by atoms with van der Waals surface area (Å²) in [5, 5.41) is 13.0. The standard InChI is InChI=1S/C21H36N6O/c1-25(2)21(20-22-23-24-27(20)18-11-6-7-12-18)13-8-14-26(16-21)19(28)15-17-9-4-3-5-10-17/h17-18H,3-16H2,1-2H3. The molecule has 28 heavy (non-hydrogen) atoms. The first-order valence-electron chi connectivity index (χ1n) is 11.3. The number of tetrazole rings is 1. The van der Waals surface area contributed by atoms with Crippen LogP contribution in [0.3, 0.4) is 0 Å². The summed E-state index contributed by atoms with van der Waals surface area (Å²) in [6.07, 6.45) is 13.9. The fourth-order valence-electron chi connectivity index (χ4n) is 5.66. The van der Waals surface area contributed by atoms with Crippen LogP contribution >= 0.6 is 0 Å². The molecule has 1 saturated heterocycles. The molecule has 1 aromatic rings. The van der Waals surface area contributed by atoms with Gasteiger partial charge >= 0.3 is 0 Å². The van der Waals surface area contributed by atoms with E-state index in [1.807, 2.05) is 0 Å². The summed E-state index contributed by atoms with van der Waals surface area (Å²) in [4.78, 5) is 17.5. The van der Waals surface area contributed by atoms with E-state index in [9.17, 15) is 4.79 Å². The van der Waals surface area contributed by atoms with Crippen molar-refractivity contribution in [2.24, 2.45) is 5.92 Å². The van der Waals surface area contributed by atoms with E-state index < -0.39 is 0 Å². The molecule has 2 aliphatic carbocycles. The van der Waals surface area contributed by atoms with Crippen LogP contribution in [-0.4, -0.2) is 63.1 Å². The fourth-order valence-corrected chi connectivity index (χ4v) is 5.66. The largest absolute Gasteiger partial charge is 0.340 e. The number of carbonyl (C=O) groups is 1. The molecular formula is C21H36N6O. The van der Waals surface area contributed by atoms with E-state index in [-0.39, 0.29) is 5.54 Å². The highest BCUT2D eigenvalue weighted by molar-refractivity contribution is 5.76. The van der Waals surface area contributed by atoms with Crippen LogP contribution in [0.1, 0.15) is 88.9 Å². The third-order valence-corrected chi connectivity index (χ3v) is 7.45. The number of likely N-dealkylation sites (N-methyl/N-ethyl adjacent to an activating group) is 1. The van der Waals surface area contributed by atoms with E-state index in [2.05, 4.69) is 44.1 Å². The summed E-state index contributed by atoms with van der Waals surface area (Å²) in [6.45, 7) is 1.57. The molecule has 2 heterocycles. The number of nitrogens with zero attached hydrogens (tertiary/aromatic N) is 6. The molecule has 0 radical (unpaired) electrons. The smallest absolute Gasteiger partial charge is 0.222 e. The third kappa shape index (κ3) is 3.82. The van der Waals surface area contributed by atoms with E-state index in [1.165, 1.54) is 44.9 Å². The molecule has 1 atom stereocenters. The van der Waals surface area contributed by atoms with Gasteiger partial charge in [0.15, 0.2) is 5.82 Å². The quantitative estimate of drug-likeness (QED) is 0.775. The molecule has 4 rings (SSSR count). The van der Waals surface area contributed by atoms with Gasteiger partial charge in [0.25, 0.3) is 0 Å². The van der Waals surface area contributed by atoms with Crippen molar-refractivity contribution in [1.82, 2.24) is 30.0 Å². The van der Waals surface area contributed by atoms with Crippen molar-refractivity contribution in [3.63, 3.8) is 0 Å². The maximum Gasteiger partial charge on any atom is 0.222 e. The Balaban J connectivity index is 1.53. The Morgan fingerprint density at radius 2 is 1.79 bits per heavy atom. The lowest BCUT2D eigenvalue weighted by molar-refractivity contribution is -0.136. The van der Waals surface area contributed by atoms with Gasteiger partial charge in [0.2, 0.25) is 5.91 Å². The molecule has 0 spiro atoms. The van der Waals surface area contributed by atoms with Crippen molar-refractivity contribution >= 4 is 5.91 Å². The first kappa shape index (κ1) is 19.8. The Morgan fingerprint density at radius 1 is 1.07 bits per heavy atom. The summed E-state index contributed by atoms with van der Waals surface area (Å²) >= 11 is 0. The van der Waals surface area contributed by atoms with Crippen LogP contribution < -0.4 is 0 Å². The minimum Gasteiger partial charge on any atom is -0.340 e. The number of amides is 1. The lowest BCUT2D eigenvalue weighted by Crippen LogP contribution is -2.56. The van der Waals surface area contributed by atoms with E-state index in [0.29, 0.717) is 24.4 Å². The molecule has 3 fully saturated rings. The number of aromatic nitrogens is 4. The van der Waals surface area contributed by atoms with Crippen LogP contribution in [0.25, 0.3) is 0 Å². The van der Waals surface area contributed by atoms with E-state index >= 15 is 0 Å². The molecular weight excluding hydrogens is 352 g/mol. The molecule has 0 bridgehead atoms. The van der Waals surface area contributed by atoms with Crippen molar-refractivity contribution in [3.05, 3.63) is 5.82 Å². The number of rotatable bonds is 5. The zero-order valence-electron chi connectivity index (χ0n) is 17.6. The molecule has 3 aliphatic rings. The van der Waals surface area contributed by atoms with Gasteiger partial charge in [-0.05, 0) is 69.0 Å². The van der Waals surface area contributed by atoms with E-state index in [1.54, 1.807) is 0 Å². The van der Waals surface area contributed by atoms with Crippen LogP contribution in [0, 0.1) is 5.92 Å². The first-order valence-corrected chi connectivity index (χ1v) is 11.3. The van der Waals surface area contributed by atoms with Crippen molar-refractivity contribution < 1.29 is 4.79 Å². The van der Waals surface area contributed by atoms with Gasteiger partial charge in [0.05, 0.1) is 6.04 Å². The SMILES string of the molecule is CN(C)C1(c2nnnn2C2CCCC2)CCCN(C(=O)CC2CCCCC2)C1. The number of carbonyl (C=O) groups excluding carboxylic acids is 1. The average Bonchev–Trinajstić information content (AvgIpc) is 3.40. The summed E-state index contributed by atoms with van der Waals surface area (Å²) in [5.74, 6) is 1.87. The summed E-state index contributed by atoms with van der Waals surface area (Å²) in [6, 6.07) is 0.412. The van der Waals surface area contributed by atoms with Crippen LogP contribution in [-0.2, 0) is 10.3 Å². The molecule has 156 valence electrons. The second-order valence-corrected chi connectivity index (χ2v) is 9.44. The maximum atomic E-state index is 13.1. The predicted molar refractivity (Wildman–Crippen MR) is 108 cm³/mol. The minimum atomic E-state index is -0.285. The van der Waals surface area contributed by atoms with Gasteiger partial charge in [0, 0.05) is 19.5 Å². The van der Waals surface area contributed by atoms with E-state index in [4.69, 9.17) is 0 Å². The van der Waals surface area contributed by atoms with Crippen molar-refractivity contribution in [1.29, 1.82) is 0 Å². The topological polar surface area (TPSA) is 67.2 Å². The zero-order valence-corrected chi connectivity index (χ0v) is 17.6. The van der Waals surface area contributed by atoms with Crippen molar-refractivity contribution in [3.8, 4) is 0 Å². The molecule has 1 aliphatic heterocycles. The minimum absolute atomic E-state index is 0.285. The van der Waals surface area contributed by atoms with Crippen molar-refractivity contribution in [2.45, 2.75) is 88.6 Å². The number of likely N-dealkylation sites (tertiary alicyclic amines) is 1. The van der Waals surface area contributed by atoms with Gasteiger partial charge < -0.3 is 4.90 Å². The van der Waals surface area contributed by atoms with Crippen LogP contribution in [0.5, 0.6) is 0 Å². The highest BCUT2D eigenvalue weighted by Crippen LogP contribution is 2.39. The summed E-state index contributed by atoms with van der Waals surface area (Å²) in [7, 11) is 4.23. The Morgan fingerprint density at radius 3 is 2.50 bits per heavy atom. The van der Waals surface area contributed by atoms with Crippen LogP contribution in [0.4, 0.5) is 0 Å². The number of piperidine rings is 1. The van der Waals surface area contributed by atoms with Gasteiger partial charge in [-0.3, -0.25) is 9.69 Å². The maximum absolute atomic E-state index is 13.1. The van der Waals surface area contributed by atoms with Crippen LogP contribution in [0.2, 0.25) is 0 Å². The predicted octanol–water partition coefficient (Wildman–Crippen LogP) is 3.14. The number of hydrogen-bond donors (Lipinski definition) is 0. The summed E-state index contributed by atoms with van der Waals surface area (Å²) < 4.78 is 2.09. The monoisotopic (exact) mass is 388 g/mol. The Kier molecular flexibility index (Phi) is 5.99. The second-order valence-electron chi connectivity index (χ2n) is 9.44. The Bertz CT molecular complexity index is 662. The summed E-state index contributed by atoms with van der Waals surface area (Å²) in [5.41, 5.74) is -0.285. The lowest BCUT2D eigenvalue weighted by Gasteiger charge is -2.46. The number of hydrogen-bond acceptors (Lipinski definition) is 5. The third-order valence-electron chi connectivity index (χ3n) is 7.45. The highest BCUT2D eigenvalue weighted by atomic mass is 16.2. The highest BCUT2D eigenvalue weighted by Gasteiger charge is 2.45. The molecule has 7 nitrogen and oxygen atoms in total. The fraction of sp³-hybridized carbons (Fsp3) is 0.905. The second kappa shape index (κ2) is 8.47. The molecule has 7 heteroatoms. The van der Waals surface area contributed by atoms with Gasteiger partial charge in [-0.2, -0.15) is 0 Å². The first-order chi connectivity index (χ1) is 13.6. The van der Waals surface area contributed by atoms with Gasteiger partial charge in [-0.15, -0.1) is 5.10 Å². The van der Waals surface area contributed by atoms with Crippen LogP contribution in [0.15, 0.2) is 0 Å². The molecule has 0 aromatic carbocycles. The molecule has 1 amide bonds. The Labute approximate surface area is 168 Å². The molecule has 2 saturated carbocycles. The van der Waals surface area contributed by atoms with Crippen molar-refractivity contribution in [2.75, 3.05) is 27.2 Å². The molecule has 1 unspecified atom stereocenters. The normalized spacial score (nSPS) is 27.6. The lowest BCUT2D eigenvalue weighted by atomic mass is 9.84. The zero-order chi connectivity index (χ0) is 19.6. The van der Waals surface area contributed by atoms with Gasteiger partial charge in [0.1, 0.15) is 5.54 Å². The molecule has 1 aromatic heterocycles.